The Balaban J connectivity index is 1.73. The summed E-state index contributed by atoms with van der Waals surface area (Å²) < 4.78 is 5.26. The number of ether oxygens (including phenoxy) is 1. The van der Waals surface area contributed by atoms with Crippen molar-refractivity contribution in [2.75, 3.05) is 13.1 Å². The Hall–Kier alpha value is -2.33. The van der Waals surface area contributed by atoms with Gasteiger partial charge in [0.2, 0.25) is 0 Å². The maximum absolute atomic E-state index is 11.7. The first-order chi connectivity index (χ1) is 13.4. The summed E-state index contributed by atoms with van der Waals surface area (Å²) in [4.78, 5) is 14.2. The highest BCUT2D eigenvalue weighted by Crippen LogP contribution is 2.12. The second-order valence-electron chi connectivity index (χ2n) is 8.17. The molecule has 0 spiro atoms. The Labute approximate surface area is 169 Å². The minimum absolute atomic E-state index is 0.331. The zero-order valence-corrected chi connectivity index (χ0v) is 17.5. The molecule has 4 nitrogen and oxygen atoms in total. The molecular formula is C24H34N2O2. The fourth-order valence-electron chi connectivity index (χ4n) is 3.04. The van der Waals surface area contributed by atoms with Gasteiger partial charge in [-0.2, -0.15) is 0 Å². The minimum atomic E-state index is -0.445. The molecule has 0 aromatic heterocycles. The molecule has 2 rings (SSSR count). The van der Waals surface area contributed by atoms with Gasteiger partial charge in [0.05, 0.1) is 0 Å². The monoisotopic (exact) mass is 382 g/mol. The van der Waals surface area contributed by atoms with Crippen molar-refractivity contribution in [3.63, 3.8) is 0 Å². The molecule has 2 aromatic rings. The van der Waals surface area contributed by atoms with Gasteiger partial charge in [-0.15, -0.1) is 0 Å². The first kappa shape index (κ1) is 22.0. The molecular weight excluding hydrogens is 348 g/mol. The van der Waals surface area contributed by atoms with Crippen LogP contribution in [0.25, 0.3) is 0 Å². The van der Waals surface area contributed by atoms with Crippen LogP contribution < -0.4 is 5.32 Å². The lowest BCUT2D eigenvalue weighted by atomic mass is 10.1. The molecule has 4 heteroatoms. The standard InChI is InChI=1S/C24H34N2O2/c1-24(2,3)28-23(27)25-17-11-6-12-18-26(19-21-13-7-4-8-14-21)20-22-15-9-5-10-16-22/h4-5,7-10,13-16H,6,11-12,17-20H2,1-3H3,(H,25,27). The fourth-order valence-corrected chi connectivity index (χ4v) is 3.04. The average Bonchev–Trinajstić information content (AvgIpc) is 2.64. The van der Waals surface area contributed by atoms with E-state index in [9.17, 15) is 4.79 Å². The highest BCUT2D eigenvalue weighted by atomic mass is 16.6. The molecule has 0 aliphatic carbocycles. The number of nitrogens with zero attached hydrogens (tertiary/aromatic N) is 1. The maximum Gasteiger partial charge on any atom is 0.407 e. The number of benzene rings is 2. The minimum Gasteiger partial charge on any atom is -0.444 e. The predicted octanol–water partition coefficient (Wildman–Crippen LogP) is 5.38. The lowest BCUT2D eigenvalue weighted by molar-refractivity contribution is 0.0527. The van der Waals surface area contributed by atoms with E-state index >= 15 is 0 Å². The highest BCUT2D eigenvalue weighted by molar-refractivity contribution is 5.67. The van der Waals surface area contributed by atoms with Gasteiger partial charge in [0, 0.05) is 19.6 Å². The summed E-state index contributed by atoms with van der Waals surface area (Å²) in [6.45, 7) is 9.22. The summed E-state index contributed by atoms with van der Waals surface area (Å²) in [6.07, 6.45) is 2.82. The third-order valence-corrected chi connectivity index (χ3v) is 4.32. The van der Waals surface area contributed by atoms with E-state index in [2.05, 4.69) is 70.9 Å². The lowest BCUT2D eigenvalue weighted by Crippen LogP contribution is -2.33. The zero-order chi connectivity index (χ0) is 20.2. The Morgan fingerprint density at radius 3 is 1.89 bits per heavy atom. The van der Waals surface area contributed by atoms with E-state index in [0.717, 1.165) is 38.9 Å². The number of alkyl carbamates (subject to hydrolysis) is 1. The molecule has 1 N–H and O–H groups in total. The van der Waals surface area contributed by atoms with Gasteiger partial charge in [0.1, 0.15) is 5.60 Å². The van der Waals surface area contributed by atoms with Gasteiger partial charge in [-0.1, -0.05) is 67.1 Å². The maximum atomic E-state index is 11.7. The van der Waals surface area contributed by atoms with E-state index in [1.165, 1.54) is 11.1 Å². The molecule has 0 aliphatic rings. The van der Waals surface area contributed by atoms with Crippen LogP contribution in [0.15, 0.2) is 60.7 Å². The van der Waals surface area contributed by atoms with E-state index in [0.29, 0.717) is 6.54 Å². The molecule has 1 amide bonds. The van der Waals surface area contributed by atoms with Crippen LogP contribution in [0.3, 0.4) is 0 Å². The normalized spacial score (nSPS) is 11.4. The summed E-state index contributed by atoms with van der Waals surface area (Å²) in [6, 6.07) is 21.2. The topological polar surface area (TPSA) is 41.6 Å². The van der Waals surface area contributed by atoms with Crippen molar-refractivity contribution in [2.45, 2.75) is 58.7 Å². The number of carbonyl (C=O) groups excluding carboxylic acids is 1. The molecule has 0 radical (unpaired) electrons. The van der Waals surface area contributed by atoms with Crippen LogP contribution in [0.5, 0.6) is 0 Å². The molecule has 0 atom stereocenters. The van der Waals surface area contributed by atoms with Crippen molar-refractivity contribution in [3.8, 4) is 0 Å². The molecule has 0 saturated heterocycles. The Morgan fingerprint density at radius 1 is 0.857 bits per heavy atom. The van der Waals surface area contributed by atoms with Crippen molar-refractivity contribution in [1.29, 1.82) is 0 Å². The summed E-state index contributed by atoms with van der Waals surface area (Å²) in [7, 11) is 0. The summed E-state index contributed by atoms with van der Waals surface area (Å²) >= 11 is 0. The highest BCUT2D eigenvalue weighted by Gasteiger charge is 2.15. The molecule has 0 bridgehead atoms. The number of rotatable bonds is 10. The van der Waals surface area contributed by atoms with Gasteiger partial charge < -0.3 is 10.1 Å². The molecule has 0 heterocycles. The molecule has 0 fully saturated rings. The van der Waals surface area contributed by atoms with Gasteiger partial charge in [0.15, 0.2) is 0 Å². The second kappa shape index (κ2) is 11.5. The van der Waals surface area contributed by atoms with Crippen molar-refractivity contribution >= 4 is 6.09 Å². The Morgan fingerprint density at radius 2 is 1.39 bits per heavy atom. The number of carbonyl (C=O) groups is 1. The third kappa shape index (κ3) is 9.56. The average molecular weight is 383 g/mol. The second-order valence-corrected chi connectivity index (χ2v) is 8.17. The van der Waals surface area contributed by atoms with Crippen molar-refractivity contribution in [2.24, 2.45) is 0 Å². The smallest absolute Gasteiger partial charge is 0.407 e. The van der Waals surface area contributed by atoms with Gasteiger partial charge in [-0.25, -0.2) is 4.79 Å². The third-order valence-electron chi connectivity index (χ3n) is 4.32. The molecule has 2 aromatic carbocycles. The largest absolute Gasteiger partial charge is 0.444 e. The van der Waals surface area contributed by atoms with Crippen LogP contribution in [0.4, 0.5) is 4.79 Å². The van der Waals surface area contributed by atoms with Crippen molar-refractivity contribution < 1.29 is 9.53 Å². The lowest BCUT2D eigenvalue weighted by Gasteiger charge is -2.23. The van der Waals surface area contributed by atoms with Gasteiger partial charge in [-0.05, 0) is 51.3 Å². The van der Waals surface area contributed by atoms with Crippen LogP contribution >= 0.6 is 0 Å². The number of nitrogens with one attached hydrogen (secondary N) is 1. The molecule has 28 heavy (non-hydrogen) atoms. The summed E-state index contributed by atoms with van der Waals surface area (Å²) in [5.74, 6) is 0. The quantitative estimate of drug-likeness (QED) is 0.561. The van der Waals surface area contributed by atoms with Gasteiger partial charge in [0.25, 0.3) is 0 Å². The van der Waals surface area contributed by atoms with E-state index in [1.54, 1.807) is 0 Å². The first-order valence-electron chi connectivity index (χ1n) is 10.2. The Bertz CT molecular complexity index is 639. The van der Waals surface area contributed by atoms with Crippen LogP contribution in [-0.2, 0) is 17.8 Å². The number of amides is 1. The molecule has 152 valence electrons. The fraction of sp³-hybridized carbons (Fsp3) is 0.458. The van der Waals surface area contributed by atoms with Crippen LogP contribution in [0, 0.1) is 0 Å². The number of hydrogen-bond donors (Lipinski definition) is 1. The van der Waals surface area contributed by atoms with Crippen molar-refractivity contribution in [1.82, 2.24) is 10.2 Å². The van der Waals surface area contributed by atoms with Crippen LogP contribution in [-0.4, -0.2) is 29.7 Å². The SMILES string of the molecule is CC(C)(C)OC(=O)NCCCCCN(Cc1ccccc1)Cc1ccccc1. The van der Waals surface area contributed by atoms with E-state index in [-0.39, 0.29) is 6.09 Å². The van der Waals surface area contributed by atoms with Crippen molar-refractivity contribution in [3.05, 3.63) is 71.8 Å². The summed E-state index contributed by atoms with van der Waals surface area (Å²) in [5.41, 5.74) is 2.23. The summed E-state index contributed by atoms with van der Waals surface area (Å²) in [5, 5.41) is 2.83. The Kier molecular flexibility index (Phi) is 9.02. The van der Waals surface area contributed by atoms with Crippen LogP contribution in [0.2, 0.25) is 0 Å². The van der Waals surface area contributed by atoms with E-state index < -0.39 is 5.60 Å². The first-order valence-corrected chi connectivity index (χ1v) is 10.2. The van der Waals surface area contributed by atoms with Gasteiger partial charge in [-0.3, -0.25) is 4.90 Å². The molecule has 0 unspecified atom stereocenters. The molecule has 0 aliphatic heterocycles. The predicted molar refractivity (Wildman–Crippen MR) is 115 cm³/mol. The number of unbranched alkanes of at least 4 members (excludes halogenated alkanes) is 2. The zero-order valence-electron chi connectivity index (χ0n) is 17.5. The van der Waals surface area contributed by atoms with E-state index in [1.807, 2.05) is 20.8 Å². The van der Waals surface area contributed by atoms with Crippen LogP contribution in [0.1, 0.15) is 51.2 Å². The number of hydrogen-bond acceptors (Lipinski definition) is 3. The molecule has 0 saturated carbocycles. The van der Waals surface area contributed by atoms with E-state index in [4.69, 9.17) is 4.74 Å². The van der Waals surface area contributed by atoms with Gasteiger partial charge >= 0.3 is 6.09 Å².